The van der Waals surface area contributed by atoms with Crippen molar-refractivity contribution in [3.05, 3.63) is 172 Å². The van der Waals surface area contributed by atoms with Gasteiger partial charge in [0.05, 0.1) is 0 Å². The SMILES string of the molecule is C.C.C#C.C#C.CC.CC.CC.CC/C=C\C=C/CC/C(C)=C\C=C(/C)c1ccc(C)cc1.Cc1ccc2c(c1)C(C)(C)c1ccccc1-2.Cc1ccccc1. The molecule has 1 aliphatic carbocycles. The van der Waals surface area contributed by atoms with Crippen LogP contribution in [0, 0.1) is 46.5 Å². The van der Waals surface area contributed by atoms with Gasteiger partial charge in [0.1, 0.15) is 0 Å². The lowest BCUT2D eigenvalue weighted by molar-refractivity contribution is 0.660. The van der Waals surface area contributed by atoms with Crippen LogP contribution in [0.25, 0.3) is 16.7 Å². The number of rotatable bonds is 7. The van der Waals surface area contributed by atoms with Gasteiger partial charge in [-0.2, -0.15) is 0 Å². The average molecular weight is 755 g/mol. The molecule has 0 heteroatoms. The van der Waals surface area contributed by atoms with Gasteiger partial charge in [0, 0.05) is 5.41 Å². The van der Waals surface area contributed by atoms with Gasteiger partial charge in [-0.15, -0.1) is 25.7 Å². The fourth-order valence-electron chi connectivity index (χ4n) is 5.32. The third-order valence-electron chi connectivity index (χ3n) is 8.13. The van der Waals surface area contributed by atoms with Crippen molar-refractivity contribution in [2.45, 2.75) is 136 Å². The second kappa shape index (κ2) is 38.2. The Labute approximate surface area is 350 Å². The van der Waals surface area contributed by atoms with Crippen LogP contribution in [0.15, 0.2) is 139 Å². The number of fused-ring (bicyclic) bond motifs is 3. The molecule has 0 amide bonds. The lowest BCUT2D eigenvalue weighted by atomic mass is 9.82. The highest BCUT2D eigenvalue weighted by Gasteiger charge is 2.34. The first-order chi connectivity index (χ1) is 26.1. The maximum atomic E-state index is 4.00. The second-order valence-electron chi connectivity index (χ2n) is 12.4. The molecule has 4 aromatic carbocycles. The normalized spacial score (nSPS) is 11.0. The fourth-order valence-corrected chi connectivity index (χ4v) is 5.32. The van der Waals surface area contributed by atoms with Crippen molar-refractivity contribution in [3.8, 4) is 36.8 Å². The van der Waals surface area contributed by atoms with E-state index in [1.807, 2.05) is 59.7 Å². The smallest absolute Gasteiger partial charge is 0.0158 e. The van der Waals surface area contributed by atoms with Crippen molar-refractivity contribution in [3.63, 3.8) is 0 Å². The van der Waals surface area contributed by atoms with E-state index in [4.69, 9.17) is 0 Å². The van der Waals surface area contributed by atoms with E-state index in [2.05, 4.69) is 196 Å². The molecule has 0 radical (unpaired) electrons. The summed E-state index contributed by atoms with van der Waals surface area (Å²) < 4.78 is 0. The highest BCUT2D eigenvalue weighted by Crippen LogP contribution is 2.48. The molecule has 0 fully saturated rings. The summed E-state index contributed by atoms with van der Waals surface area (Å²) in [5, 5.41) is 0. The van der Waals surface area contributed by atoms with Gasteiger partial charge in [-0.1, -0.05) is 233 Å². The minimum atomic E-state index is 0. The molecule has 0 spiro atoms. The molecular weight excluding hydrogens is 673 g/mol. The minimum absolute atomic E-state index is 0. The van der Waals surface area contributed by atoms with E-state index >= 15 is 0 Å². The van der Waals surface area contributed by atoms with Crippen LogP contribution in [-0.4, -0.2) is 0 Å². The summed E-state index contributed by atoms with van der Waals surface area (Å²) in [4.78, 5) is 0. The third-order valence-corrected chi connectivity index (χ3v) is 8.13. The van der Waals surface area contributed by atoms with E-state index in [0.717, 1.165) is 19.3 Å². The maximum absolute atomic E-state index is 4.00. The van der Waals surface area contributed by atoms with Gasteiger partial charge in [0.15, 0.2) is 0 Å². The van der Waals surface area contributed by atoms with Gasteiger partial charge < -0.3 is 0 Å². The van der Waals surface area contributed by atoms with Crippen LogP contribution in [0.1, 0.15) is 144 Å². The molecule has 0 unspecified atom stereocenters. The zero-order chi connectivity index (χ0) is 42.0. The number of terminal acetylenes is 2. The van der Waals surface area contributed by atoms with Crippen LogP contribution in [0.5, 0.6) is 0 Å². The van der Waals surface area contributed by atoms with E-state index in [1.165, 1.54) is 55.7 Å². The molecular formula is C56H82. The molecule has 0 saturated heterocycles. The monoisotopic (exact) mass is 755 g/mol. The summed E-state index contributed by atoms with van der Waals surface area (Å²) in [6.07, 6.45) is 32.5. The highest BCUT2D eigenvalue weighted by molar-refractivity contribution is 5.80. The van der Waals surface area contributed by atoms with Crippen molar-refractivity contribution in [2.24, 2.45) is 0 Å². The van der Waals surface area contributed by atoms with Crippen molar-refractivity contribution in [1.29, 1.82) is 0 Å². The number of aryl methyl sites for hydroxylation is 3. The van der Waals surface area contributed by atoms with Gasteiger partial charge in [-0.05, 0) is 87.3 Å². The second-order valence-corrected chi connectivity index (χ2v) is 12.4. The Morgan fingerprint density at radius 2 is 1.02 bits per heavy atom. The van der Waals surface area contributed by atoms with E-state index in [-0.39, 0.29) is 20.3 Å². The number of benzene rings is 4. The van der Waals surface area contributed by atoms with E-state index < -0.39 is 0 Å². The van der Waals surface area contributed by atoms with Gasteiger partial charge >= 0.3 is 0 Å². The molecule has 0 saturated carbocycles. The zero-order valence-electron chi connectivity index (χ0n) is 36.6. The molecule has 0 N–H and O–H groups in total. The molecule has 1 aliphatic rings. The fraction of sp³-hybridized carbons (Fsp3) is 0.357. The Bertz CT molecular complexity index is 1660. The average Bonchev–Trinajstić information content (AvgIpc) is 3.45. The van der Waals surface area contributed by atoms with Crippen molar-refractivity contribution in [2.75, 3.05) is 0 Å². The first-order valence-corrected chi connectivity index (χ1v) is 19.8. The Balaban J connectivity index is -0.000000219. The van der Waals surface area contributed by atoms with Crippen molar-refractivity contribution in [1.82, 2.24) is 0 Å². The lowest BCUT2D eigenvalue weighted by Crippen LogP contribution is -2.14. The standard InChI is InChI=1S/C21H28.C16H16.C7H8.3C2H6.2C2H2.2CH4/c1-5-6-7-8-9-10-11-18(2)12-15-20(4)21-16-13-19(3)14-17-21;1-11-8-9-13-12-6-4-5-7-14(12)16(2,3)15(13)10-11;1-7-5-3-2-4-6-7;5*1-2;;/h6-9,12-17H,5,10-11H2,1-4H3;4-10H,1-3H3;2-6H,1H3;3*1-2H3;2*1-2H;2*1H4/b7-6-,9-8-,18-12-,20-15+;;;;;;;;;. The third kappa shape index (κ3) is 23.0. The molecule has 0 bridgehead atoms. The number of allylic oxidation sites excluding steroid dienone is 8. The highest BCUT2D eigenvalue weighted by atomic mass is 14.4. The van der Waals surface area contributed by atoms with Crippen molar-refractivity contribution >= 4 is 5.57 Å². The van der Waals surface area contributed by atoms with Crippen LogP contribution in [-0.2, 0) is 5.41 Å². The Morgan fingerprint density at radius 1 is 0.554 bits per heavy atom. The largest absolute Gasteiger partial charge is 0.124 e. The summed E-state index contributed by atoms with van der Waals surface area (Å²) in [6, 6.07) is 34.5. The van der Waals surface area contributed by atoms with E-state index in [1.54, 1.807) is 0 Å². The molecule has 0 heterocycles. The molecule has 4 aromatic rings. The first kappa shape index (κ1) is 60.2. The summed E-state index contributed by atoms with van der Waals surface area (Å²) in [6.45, 7) is 29.5. The van der Waals surface area contributed by atoms with E-state index in [9.17, 15) is 0 Å². The van der Waals surface area contributed by atoms with Crippen LogP contribution in [0.4, 0.5) is 0 Å². The van der Waals surface area contributed by atoms with Gasteiger partial charge in [-0.25, -0.2) is 0 Å². The lowest BCUT2D eigenvalue weighted by Gasteiger charge is -2.21. The van der Waals surface area contributed by atoms with Gasteiger partial charge in [0.25, 0.3) is 0 Å². The predicted molar refractivity (Wildman–Crippen MR) is 264 cm³/mol. The maximum Gasteiger partial charge on any atom is 0.0158 e. The van der Waals surface area contributed by atoms with Crippen LogP contribution < -0.4 is 0 Å². The Kier molecular flexibility index (Phi) is 41.1. The Morgan fingerprint density at radius 3 is 1.54 bits per heavy atom. The quantitative estimate of drug-likeness (QED) is 0.130. The Hall–Kier alpha value is -5.04. The van der Waals surface area contributed by atoms with Crippen molar-refractivity contribution < 1.29 is 0 Å². The summed E-state index contributed by atoms with van der Waals surface area (Å²) in [7, 11) is 0. The van der Waals surface area contributed by atoms with Gasteiger partial charge in [-0.3, -0.25) is 0 Å². The summed E-state index contributed by atoms with van der Waals surface area (Å²) in [5.41, 5.74) is 13.9. The predicted octanol–water partition coefficient (Wildman–Crippen LogP) is 17.8. The minimum Gasteiger partial charge on any atom is -0.124 e. The van der Waals surface area contributed by atoms with Crippen LogP contribution >= 0.6 is 0 Å². The summed E-state index contributed by atoms with van der Waals surface area (Å²) in [5.74, 6) is 0. The summed E-state index contributed by atoms with van der Waals surface area (Å²) >= 11 is 0. The number of hydrogen-bond acceptors (Lipinski definition) is 0. The molecule has 0 aromatic heterocycles. The molecule has 0 nitrogen and oxygen atoms in total. The molecule has 306 valence electrons. The molecule has 56 heavy (non-hydrogen) atoms. The molecule has 5 rings (SSSR count). The van der Waals surface area contributed by atoms with Crippen LogP contribution in [0.3, 0.4) is 0 Å². The zero-order valence-corrected chi connectivity index (χ0v) is 36.6. The topological polar surface area (TPSA) is 0 Å². The van der Waals surface area contributed by atoms with Gasteiger partial charge in [0.2, 0.25) is 0 Å². The van der Waals surface area contributed by atoms with Crippen LogP contribution in [0.2, 0.25) is 0 Å². The molecule has 0 atom stereocenters. The number of hydrogen-bond donors (Lipinski definition) is 0. The molecule has 0 aliphatic heterocycles. The first-order valence-electron chi connectivity index (χ1n) is 19.8. The van der Waals surface area contributed by atoms with E-state index in [0.29, 0.717) is 0 Å².